The Morgan fingerprint density at radius 2 is 2.21 bits per heavy atom. The van der Waals surface area contributed by atoms with Gasteiger partial charge in [-0.2, -0.15) is 0 Å². The van der Waals surface area contributed by atoms with E-state index in [1.807, 2.05) is 6.92 Å². The minimum Gasteiger partial charge on any atom is -0.384 e. The van der Waals surface area contributed by atoms with Crippen LogP contribution in [0.25, 0.3) is 0 Å². The van der Waals surface area contributed by atoms with Gasteiger partial charge in [0.1, 0.15) is 5.82 Å². The number of non-ortho nitro benzene ring substituents is 1. The van der Waals surface area contributed by atoms with E-state index in [1.165, 1.54) is 23.9 Å². The summed E-state index contributed by atoms with van der Waals surface area (Å²) in [5.74, 6) is 0.465. The number of aryl methyl sites for hydroxylation is 1. The van der Waals surface area contributed by atoms with Gasteiger partial charge in [-0.1, -0.05) is 11.8 Å². The van der Waals surface area contributed by atoms with Crippen molar-refractivity contribution < 1.29 is 9.72 Å². The van der Waals surface area contributed by atoms with Crippen LogP contribution in [-0.4, -0.2) is 33.1 Å². The van der Waals surface area contributed by atoms with Gasteiger partial charge in [-0.05, 0) is 25.0 Å². The molecule has 2 N–H and O–H groups in total. The molecule has 1 aromatic heterocycles. The summed E-state index contributed by atoms with van der Waals surface area (Å²) in [6.45, 7) is 2.33. The summed E-state index contributed by atoms with van der Waals surface area (Å²) in [5, 5.41) is 11.3. The van der Waals surface area contributed by atoms with E-state index in [1.54, 1.807) is 17.0 Å². The number of hydrogen-bond donors (Lipinski definition) is 1. The molecule has 8 nitrogen and oxygen atoms in total. The van der Waals surface area contributed by atoms with Crippen molar-refractivity contribution in [2.45, 2.75) is 18.5 Å². The van der Waals surface area contributed by atoms with Gasteiger partial charge in [0.15, 0.2) is 5.16 Å². The molecule has 0 fully saturated rings. The minimum atomic E-state index is -0.430. The topological polar surface area (TPSA) is 115 Å². The number of nitrogen functional groups attached to an aromatic ring is 1. The number of nitrogens with two attached hydrogens (primary N) is 1. The lowest BCUT2D eigenvalue weighted by atomic mass is 10.1. The van der Waals surface area contributed by atoms with Crippen molar-refractivity contribution in [1.82, 2.24) is 9.97 Å². The van der Waals surface area contributed by atoms with Crippen LogP contribution in [0.15, 0.2) is 29.4 Å². The van der Waals surface area contributed by atoms with Crippen molar-refractivity contribution in [3.8, 4) is 0 Å². The molecule has 2 aromatic rings. The van der Waals surface area contributed by atoms with Crippen LogP contribution < -0.4 is 10.6 Å². The SMILES string of the molecule is Cc1cc(N)nc(SCC(=O)N2CCc3cc([N+](=O)[O-])ccc32)n1. The molecule has 124 valence electrons. The Balaban J connectivity index is 1.70. The van der Waals surface area contributed by atoms with Gasteiger partial charge >= 0.3 is 0 Å². The summed E-state index contributed by atoms with van der Waals surface area (Å²) in [4.78, 5) is 32.8. The summed E-state index contributed by atoms with van der Waals surface area (Å²) >= 11 is 1.22. The Morgan fingerprint density at radius 3 is 2.92 bits per heavy atom. The highest BCUT2D eigenvalue weighted by Crippen LogP contribution is 2.32. The third kappa shape index (κ3) is 3.30. The summed E-state index contributed by atoms with van der Waals surface area (Å²) in [6, 6.07) is 6.24. The molecule has 0 saturated carbocycles. The zero-order chi connectivity index (χ0) is 17.3. The molecular weight excluding hydrogens is 330 g/mol. The summed E-state index contributed by atoms with van der Waals surface area (Å²) in [7, 11) is 0. The molecule has 24 heavy (non-hydrogen) atoms. The first-order chi connectivity index (χ1) is 11.4. The second-order valence-corrected chi connectivity index (χ2v) is 6.31. The molecular formula is C15H15N5O3S. The van der Waals surface area contributed by atoms with Crippen LogP contribution >= 0.6 is 11.8 Å². The van der Waals surface area contributed by atoms with Gasteiger partial charge in [-0.15, -0.1) is 0 Å². The summed E-state index contributed by atoms with van der Waals surface area (Å²) in [6.07, 6.45) is 0.612. The fourth-order valence-corrected chi connectivity index (χ4v) is 3.38. The smallest absolute Gasteiger partial charge is 0.269 e. The minimum absolute atomic E-state index is 0.0426. The molecule has 0 atom stereocenters. The Bertz CT molecular complexity index is 807. The van der Waals surface area contributed by atoms with E-state index in [2.05, 4.69) is 9.97 Å². The number of aromatic nitrogens is 2. The van der Waals surface area contributed by atoms with E-state index in [0.29, 0.717) is 23.9 Å². The number of benzene rings is 1. The van der Waals surface area contributed by atoms with E-state index >= 15 is 0 Å². The van der Waals surface area contributed by atoms with Gasteiger partial charge in [-0.25, -0.2) is 9.97 Å². The normalized spacial score (nSPS) is 13.0. The number of nitro benzene ring substituents is 1. The van der Waals surface area contributed by atoms with Crippen molar-refractivity contribution in [2.75, 3.05) is 22.9 Å². The number of amides is 1. The van der Waals surface area contributed by atoms with Gasteiger partial charge < -0.3 is 10.6 Å². The predicted octanol–water partition coefficient (Wildman–Crippen LogP) is 1.96. The quantitative estimate of drug-likeness (QED) is 0.390. The van der Waals surface area contributed by atoms with Gasteiger partial charge in [0.25, 0.3) is 5.69 Å². The van der Waals surface area contributed by atoms with Gasteiger partial charge in [0, 0.05) is 36.1 Å². The molecule has 0 aliphatic carbocycles. The highest BCUT2D eigenvalue weighted by atomic mass is 32.2. The number of fused-ring (bicyclic) bond motifs is 1. The molecule has 0 saturated heterocycles. The van der Waals surface area contributed by atoms with Crippen molar-refractivity contribution in [1.29, 1.82) is 0 Å². The number of carbonyl (C=O) groups excluding carboxylic acids is 1. The van der Waals surface area contributed by atoms with Gasteiger partial charge in [-0.3, -0.25) is 14.9 Å². The number of thioether (sulfide) groups is 1. The molecule has 0 radical (unpaired) electrons. The van der Waals surface area contributed by atoms with Crippen LogP contribution in [0.5, 0.6) is 0 Å². The van der Waals surface area contributed by atoms with E-state index in [9.17, 15) is 14.9 Å². The first-order valence-electron chi connectivity index (χ1n) is 7.25. The maximum Gasteiger partial charge on any atom is 0.269 e. The van der Waals surface area contributed by atoms with Crippen LogP contribution in [0.4, 0.5) is 17.2 Å². The second-order valence-electron chi connectivity index (χ2n) is 5.37. The largest absolute Gasteiger partial charge is 0.384 e. The molecule has 3 rings (SSSR count). The molecule has 0 unspecified atom stereocenters. The van der Waals surface area contributed by atoms with Crippen LogP contribution in [-0.2, 0) is 11.2 Å². The lowest BCUT2D eigenvalue weighted by Gasteiger charge is -2.16. The summed E-state index contributed by atoms with van der Waals surface area (Å²) in [5.41, 5.74) is 8.01. The van der Waals surface area contributed by atoms with Crippen LogP contribution in [0.2, 0.25) is 0 Å². The number of nitro groups is 1. The fraction of sp³-hybridized carbons (Fsp3) is 0.267. The van der Waals surface area contributed by atoms with E-state index in [4.69, 9.17) is 5.73 Å². The standard InChI is InChI=1S/C15H15N5O3S/c1-9-6-13(16)18-15(17-9)24-8-14(21)19-5-4-10-7-11(20(22)23)2-3-12(10)19/h2-3,6-7H,4-5,8H2,1H3,(H2,16,17,18). The molecule has 0 bridgehead atoms. The van der Waals surface area contributed by atoms with Crippen molar-refractivity contribution >= 4 is 34.9 Å². The Morgan fingerprint density at radius 1 is 1.42 bits per heavy atom. The average Bonchev–Trinajstić information content (AvgIpc) is 2.94. The first kappa shape index (κ1) is 16.2. The van der Waals surface area contributed by atoms with Crippen molar-refractivity contribution in [3.63, 3.8) is 0 Å². The van der Waals surface area contributed by atoms with E-state index in [-0.39, 0.29) is 17.3 Å². The third-order valence-electron chi connectivity index (χ3n) is 3.65. The zero-order valence-corrected chi connectivity index (χ0v) is 13.7. The Labute approximate surface area is 142 Å². The maximum atomic E-state index is 12.5. The molecule has 1 amide bonds. The van der Waals surface area contributed by atoms with Gasteiger partial charge in [0.05, 0.1) is 10.7 Å². The van der Waals surface area contributed by atoms with Crippen LogP contribution in [0.1, 0.15) is 11.3 Å². The number of hydrogen-bond acceptors (Lipinski definition) is 7. The van der Waals surface area contributed by atoms with Crippen molar-refractivity contribution in [2.24, 2.45) is 0 Å². The monoisotopic (exact) mass is 345 g/mol. The molecule has 2 heterocycles. The Hall–Kier alpha value is -2.68. The van der Waals surface area contributed by atoms with Gasteiger partial charge in [0.2, 0.25) is 5.91 Å². The zero-order valence-electron chi connectivity index (χ0n) is 12.9. The highest BCUT2D eigenvalue weighted by Gasteiger charge is 2.26. The molecule has 1 aromatic carbocycles. The van der Waals surface area contributed by atoms with Crippen LogP contribution in [0, 0.1) is 17.0 Å². The predicted molar refractivity (Wildman–Crippen MR) is 91.1 cm³/mol. The third-order valence-corrected chi connectivity index (χ3v) is 4.48. The molecule has 1 aliphatic heterocycles. The average molecular weight is 345 g/mol. The second kappa shape index (κ2) is 6.44. The molecule has 0 spiro atoms. The van der Waals surface area contributed by atoms with E-state index < -0.39 is 4.92 Å². The number of anilines is 2. The number of carbonyl (C=O) groups is 1. The molecule has 1 aliphatic rings. The fourth-order valence-electron chi connectivity index (χ4n) is 2.59. The lowest BCUT2D eigenvalue weighted by molar-refractivity contribution is -0.384. The number of nitrogens with zero attached hydrogens (tertiary/aromatic N) is 4. The first-order valence-corrected chi connectivity index (χ1v) is 8.24. The van der Waals surface area contributed by atoms with E-state index in [0.717, 1.165) is 16.9 Å². The Kier molecular flexibility index (Phi) is 4.34. The van der Waals surface area contributed by atoms with Crippen molar-refractivity contribution in [3.05, 3.63) is 45.6 Å². The molecule has 9 heteroatoms. The highest BCUT2D eigenvalue weighted by molar-refractivity contribution is 7.99. The summed E-state index contributed by atoms with van der Waals surface area (Å²) < 4.78 is 0. The number of rotatable bonds is 4. The maximum absolute atomic E-state index is 12.5. The van der Waals surface area contributed by atoms with Crippen LogP contribution in [0.3, 0.4) is 0 Å². The lowest BCUT2D eigenvalue weighted by Crippen LogP contribution is -2.30.